The van der Waals surface area contributed by atoms with E-state index in [1.165, 1.54) is 6.21 Å². The van der Waals surface area contributed by atoms with Crippen LogP contribution >= 0.6 is 0 Å². The van der Waals surface area contributed by atoms with Crippen molar-refractivity contribution in [2.75, 3.05) is 5.43 Å². The number of carbonyl (C=O) groups excluding carboxylic acids is 1. The Bertz CT molecular complexity index is 824. The number of rotatable bonds is 4. The quantitative estimate of drug-likeness (QED) is 0.659. The number of carbonyl (C=O) groups is 1. The first-order chi connectivity index (χ1) is 12.0. The van der Waals surface area contributed by atoms with E-state index in [2.05, 4.69) is 20.5 Å². The number of Topliss-reactive ketones (excluding diaryl/α,β-unsaturated/α-hetero) is 1. The van der Waals surface area contributed by atoms with E-state index in [1.807, 2.05) is 50.2 Å². The molecule has 6 nitrogen and oxygen atoms in total. The molecule has 0 spiro atoms. The fourth-order valence-corrected chi connectivity index (χ4v) is 2.95. The summed E-state index contributed by atoms with van der Waals surface area (Å²) in [6, 6.07) is 11.6. The molecule has 1 atom stereocenters. The summed E-state index contributed by atoms with van der Waals surface area (Å²) in [6.07, 6.45) is 2.13. The predicted octanol–water partition coefficient (Wildman–Crippen LogP) is 3.45. The van der Waals surface area contributed by atoms with E-state index in [0.29, 0.717) is 18.8 Å². The van der Waals surface area contributed by atoms with Crippen molar-refractivity contribution in [1.29, 1.82) is 0 Å². The summed E-state index contributed by atoms with van der Waals surface area (Å²) in [5, 5.41) is 14.3. The molecule has 25 heavy (non-hydrogen) atoms. The molecule has 0 unspecified atom stereocenters. The molecule has 0 fully saturated rings. The second-order valence-electron chi connectivity index (χ2n) is 6.14. The maximum Gasteiger partial charge on any atom is 0.243 e. The predicted molar refractivity (Wildman–Crippen MR) is 96.7 cm³/mol. The molecule has 0 radical (unpaired) electrons. The van der Waals surface area contributed by atoms with Gasteiger partial charge in [-0.15, -0.1) is 0 Å². The van der Waals surface area contributed by atoms with E-state index in [9.17, 15) is 9.90 Å². The molecule has 1 aromatic carbocycles. The number of benzene rings is 1. The number of aliphatic hydroxyl groups excluding tert-OH is 1. The number of hydrogen-bond donors (Lipinski definition) is 2. The van der Waals surface area contributed by atoms with Crippen LogP contribution in [0.4, 0.5) is 5.95 Å². The first kappa shape index (κ1) is 16.8. The number of hydrogen-bond acceptors (Lipinski definition) is 6. The van der Waals surface area contributed by atoms with Crippen molar-refractivity contribution in [3.05, 3.63) is 64.7 Å². The minimum Gasteiger partial charge on any atom is -0.511 e. The number of anilines is 1. The van der Waals surface area contributed by atoms with Crippen LogP contribution in [-0.4, -0.2) is 27.1 Å². The molecule has 0 amide bonds. The summed E-state index contributed by atoms with van der Waals surface area (Å²) in [7, 11) is 0. The van der Waals surface area contributed by atoms with Crippen LogP contribution in [0.3, 0.4) is 0 Å². The second kappa shape index (κ2) is 7.25. The third-order valence-corrected chi connectivity index (χ3v) is 4.09. The lowest BCUT2D eigenvalue weighted by molar-refractivity contribution is -0.116. The van der Waals surface area contributed by atoms with Crippen LogP contribution in [0.5, 0.6) is 0 Å². The molecule has 0 aliphatic heterocycles. The zero-order valence-electron chi connectivity index (χ0n) is 14.2. The maximum absolute atomic E-state index is 12.4. The van der Waals surface area contributed by atoms with Crippen LogP contribution in [0.25, 0.3) is 0 Å². The largest absolute Gasteiger partial charge is 0.511 e. The molecule has 1 heterocycles. The normalized spacial score (nSPS) is 18.0. The lowest BCUT2D eigenvalue weighted by Gasteiger charge is -2.22. The summed E-state index contributed by atoms with van der Waals surface area (Å²) in [5.41, 5.74) is 5.65. The number of aromatic nitrogens is 2. The lowest BCUT2D eigenvalue weighted by Crippen LogP contribution is -2.19. The first-order valence-corrected chi connectivity index (χ1v) is 8.14. The SMILES string of the molecule is Cc1cc(C)nc(N/N=C\C2=C(O)C[C@@H](c3ccccc3)CC2=O)n1. The minimum absolute atomic E-state index is 0.00145. The van der Waals surface area contributed by atoms with Crippen molar-refractivity contribution in [3.63, 3.8) is 0 Å². The summed E-state index contributed by atoms with van der Waals surface area (Å²) in [4.78, 5) is 20.8. The highest BCUT2D eigenvalue weighted by Gasteiger charge is 2.27. The van der Waals surface area contributed by atoms with E-state index in [0.717, 1.165) is 17.0 Å². The van der Waals surface area contributed by atoms with Crippen LogP contribution in [0.15, 0.2) is 52.8 Å². The standard InChI is InChI=1S/C19H20N4O2/c1-12-8-13(2)22-19(21-12)23-20-11-16-17(24)9-15(10-18(16)25)14-6-4-3-5-7-14/h3-8,11,15,24H,9-10H2,1-2H3,(H,21,22,23)/b20-11-/t15-/m1/s1. The zero-order chi connectivity index (χ0) is 17.8. The first-order valence-electron chi connectivity index (χ1n) is 8.14. The molecule has 0 bridgehead atoms. The van der Waals surface area contributed by atoms with E-state index >= 15 is 0 Å². The molecule has 0 saturated carbocycles. The lowest BCUT2D eigenvalue weighted by atomic mass is 9.83. The number of hydrazone groups is 1. The Kier molecular flexibility index (Phi) is 4.88. The third kappa shape index (κ3) is 4.09. The van der Waals surface area contributed by atoms with Gasteiger partial charge in [0.2, 0.25) is 5.95 Å². The fraction of sp³-hybridized carbons (Fsp3) is 0.263. The smallest absolute Gasteiger partial charge is 0.243 e. The van der Waals surface area contributed by atoms with Crippen molar-refractivity contribution in [2.45, 2.75) is 32.6 Å². The van der Waals surface area contributed by atoms with Gasteiger partial charge < -0.3 is 5.11 Å². The van der Waals surface area contributed by atoms with E-state index in [1.54, 1.807) is 0 Å². The Hall–Kier alpha value is -3.02. The number of allylic oxidation sites excluding steroid dienone is 2. The number of aryl methyl sites for hydroxylation is 2. The molecular formula is C19H20N4O2. The number of ketones is 1. The van der Waals surface area contributed by atoms with E-state index in [4.69, 9.17) is 0 Å². The molecule has 6 heteroatoms. The molecule has 2 aromatic rings. The van der Waals surface area contributed by atoms with Gasteiger partial charge in [0.15, 0.2) is 5.78 Å². The van der Waals surface area contributed by atoms with Gasteiger partial charge in [-0.05, 0) is 31.4 Å². The Labute approximate surface area is 146 Å². The Morgan fingerprint density at radius 3 is 2.48 bits per heavy atom. The van der Waals surface area contributed by atoms with Gasteiger partial charge in [-0.2, -0.15) is 5.10 Å². The summed E-state index contributed by atoms with van der Waals surface area (Å²) in [5.74, 6) is 0.308. The van der Waals surface area contributed by atoms with Crippen molar-refractivity contribution in [1.82, 2.24) is 9.97 Å². The van der Waals surface area contributed by atoms with Gasteiger partial charge in [0.1, 0.15) is 5.76 Å². The number of nitrogens with zero attached hydrogens (tertiary/aromatic N) is 3. The molecule has 3 rings (SSSR count). The van der Waals surface area contributed by atoms with Gasteiger partial charge >= 0.3 is 0 Å². The zero-order valence-corrected chi connectivity index (χ0v) is 14.2. The van der Waals surface area contributed by atoms with Gasteiger partial charge in [-0.25, -0.2) is 15.4 Å². The monoisotopic (exact) mass is 336 g/mol. The number of aliphatic hydroxyl groups is 1. The van der Waals surface area contributed by atoms with Crippen molar-refractivity contribution in [2.24, 2.45) is 5.10 Å². The van der Waals surface area contributed by atoms with Crippen LogP contribution in [0, 0.1) is 13.8 Å². The minimum atomic E-state index is -0.121. The van der Waals surface area contributed by atoms with Gasteiger partial charge in [-0.3, -0.25) is 4.79 Å². The second-order valence-corrected chi connectivity index (χ2v) is 6.14. The van der Waals surface area contributed by atoms with Crippen LogP contribution in [-0.2, 0) is 4.79 Å². The molecule has 1 aliphatic rings. The maximum atomic E-state index is 12.4. The average Bonchev–Trinajstić information content (AvgIpc) is 2.57. The fourth-order valence-electron chi connectivity index (χ4n) is 2.95. The van der Waals surface area contributed by atoms with Crippen molar-refractivity contribution >= 4 is 17.9 Å². The van der Waals surface area contributed by atoms with E-state index < -0.39 is 0 Å². The van der Waals surface area contributed by atoms with Crippen molar-refractivity contribution in [3.8, 4) is 0 Å². The van der Waals surface area contributed by atoms with Gasteiger partial charge in [0.05, 0.1) is 11.8 Å². The van der Waals surface area contributed by atoms with Crippen LogP contribution < -0.4 is 5.43 Å². The van der Waals surface area contributed by atoms with Crippen molar-refractivity contribution < 1.29 is 9.90 Å². The van der Waals surface area contributed by atoms with E-state index in [-0.39, 0.29) is 23.0 Å². The van der Waals surface area contributed by atoms with Crippen LogP contribution in [0.2, 0.25) is 0 Å². The van der Waals surface area contributed by atoms with Gasteiger partial charge in [0, 0.05) is 24.2 Å². The molecule has 2 N–H and O–H groups in total. The topological polar surface area (TPSA) is 87.5 Å². The Morgan fingerprint density at radius 2 is 1.84 bits per heavy atom. The molecule has 0 saturated heterocycles. The highest BCUT2D eigenvalue weighted by Crippen LogP contribution is 2.32. The highest BCUT2D eigenvalue weighted by molar-refractivity contribution is 6.14. The highest BCUT2D eigenvalue weighted by atomic mass is 16.3. The molecule has 128 valence electrons. The van der Waals surface area contributed by atoms with Gasteiger partial charge in [0.25, 0.3) is 0 Å². The molecule has 1 aliphatic carbocycles. The average molecular weight is 336 g/mol. The summed E-state index contributed by atoms with van der Waals surface area (Å²) < 4.78 is 0. The third-order valence-electron chi connectivity index (χ3n) is 4.09. The summed E-state index contributed by atoms with van der Waals surface area (Å²) in [6.45, 7) is 3.73. The Morgan fingerprint density at radius 1 is 1.16 bits per heavy atom. The Balaban J connectivity index is 1.72. The summed E-state index contributed by atoms with van der Waals surface area (Å²) >= 11 is 0. The molecule has 1 aromatic heterocycles. The molecular weight excluding hydrogens is 316 g/mol. The van der Waals surface area contributed by atoms with Gasteiger partial charge in [-0.1, -0.05) is 30.3 Å². The number of nitrogens with one attached hydrogen (secondary N) is 1. The van der Waals surface area contributed by atoms with Crippen LogP contribution in [0.1, 0.15) is 35.7 Å².